The van der Waals surface area contributed by atoms with Crippen LogP contribution in [0.4, 0.5) is 0 Å². The second kappa shape index (κ2) is 5.51. The van der Waals surface area contributed by atoms with E-state index in [0.717, 1.165) is 26.1 Å². The van der Waals surface area contributed by atoms with Crippen molar-refractivity contribution in [3.05, 3.63) is 33.9 Å². The summed E-state index contributed by atoms with van der Waals surface area (Å²) in [6.07, 6.45) is 1.09. The summed E-state index contributed by atoms with van der Waals surface area (Å²) < 4.78 is 3.48. The molecule has 1 fully saturated rings. The van der Waals surface area contributed by atoms with Crippen molar-refractivity contribution in [1.82, 2.24) is 14.8 Å². The van der Waals surface area contributed by atoms with Crippen molar-refractivity contribution in [2.24, 2.45) is 7.05 Å². The summed E-state index contributed by atoms with van der Waals surface area (Å²) in [5, 5.41) is 4.88. The molecule has 20 heavy (non-hydrogen) atoms. The predicted octanol–water partition coefficient (Wildman–Crippen LogP) is 2.70. The van der Waals surface area contributed by atoms with Crippen molar-refractivity contribution in [2.75, 3.05) is 26.7 Å². The first-order valence-electron chi connectivity index (χ1n) is 7.22. The zero-order valence-electron chi connectivity index (χ0n) is 12.4. The maximum absolute atomic E-state index is 3.79. The number of benzene rings is 1. The zero-order chi connectivity index (χ0) is 14.3. The second-order valence-electron chi connectivity index (χ2n) is 5.89. The minimum Gasteiger partial charge on any atom is -0.338 e. The van der Waals surface area contributed by atoms with Gasteiger partial charge in [0, 0.05) is 43.6 Å². The fourth-order valence-electron chi connectivity index (χ4n) is 3.11. The highest BCUT2D eigenvalue weighted by atomic mass is 79.9. The lowest BCUT2D eigenvalue weighted by molar-refractivity contribution is 0.199. The molecule has 1 atom stereocenters. The monoisotopic (exact) mass is 335 g/mol. The smallest absolute Gasteiger partial charge is 0.0887 e. The summed E-state index contributed by atoms with van der Waals surface area (Å²) in [6.45, 7) is 5.46. The van der Waals surface area contributed by atoms with E-state index in [-0.39, 0.29) is 0 Å². The van der Waals surface area contributed by atoms with Gasteiger partial charge >= 0.3 is 0 Å². The molecule has 2 aromatic rings. The van der Waals surface area contributed by atoms with E-state index >= 15 is 0 Å². The van der Waals surface area contributed by atoms with Gasteiger partial charge in [0.25, 0.3) is 0 Å². The zero-order valence-corrected chi connectivity index (χ0v) is 14.0. The Morgan fingerprint density at radius 3 is 2.90 bits per heavy atom. The van der Waals surface area contributed by atoms with Gasteiger partial charge in [-0.1, -0.05) is 12.1 Å². The number of aromatic nitrogens is 1. The molecular formula is C16H22BrN3. The maximum atomic E-state index is 3.79. The number of likely N-dealkylation sites (N-methyl/N-ethyl adjacent to an activating group) is 1. The van der Waals surface area contributed by atoms with Gasteiger partial charge in [-0.15, -0.1) is 0 Å². The van der Waals surface area contributed by atoms with Gasteiger partial charge in [-0.2, -0.15) is 0 Å². The predicted molar refractivity (Wildman–Crippen MR) is 88.3 cm³/mol. The summed E-state index contributed by atoms with van der Waals surface area (Å²) in [4.78, 5) is 2.47. The van der Waals surface area contributed by atoms with Crippen LogP contribution in [0.2, 0.25) is 0 Å². The first kappa shape index (κ1) is 14.1. The Bertz CT molecular complexity index is 632. The molecule has 3 nitrogen and oxygen atoms in total. The van der Waals surface area contributed by atoms with Crippen molar-refractivity contribution in [3.63, 3.8) is 0 Å². The Hall–Kier alpha value is -0.840. The number of fused-ring (bicyclic) bond motifs is 1. The van der Waals surface area contributed by atoms with Crippen LogP contribution in [-0.2, 0) is 13.5 Å². The van der Waals surface area contributed by atoms with E-state index in [2.05, 4.69) is 69.9 Å². The fourth-order valence-corrected chi connectivity index (χ4v) is 3.68. The number of piperazine rings is 1. The summed E-state index contributed by atoms with van der Waals surface area (Å²) in [7, 11) is 4.37. The number of nitrogens with zero attached hydrogens (tertiary/aromatic N) is 2. The third kappa shape index (κ3) is 2.41. The van der Waals surface area contributed by atoms with E-state index in [1.807, 2.05) is 0 Å². The number of aryl methyl sites for hydroxylation is 2. The van der Waals surface area contributed by atoms with Gasteiger partial charge in [0.1, 0.15) is 0 Å². The normalized spacial score (nSPS) is 20.7. The lowest BCUT2D eigenvalue weighted by Gasteiger charge is -2.33. The quantitative estimate of drug-likeness (QED) is 0.910. The molecule has 3 rings (SSSR count). The van der Waals surface area contributed by atoms with Crippen LogP contribution in [0.25, 0.3) is 10.9 Å². The molecule has 108 valence electrons. The molecule has 0 spiro atoms. The highest BCUT2D eigenvalue weighted by Crippen LogP contribution is 2.31. The third-order valence-electron chi connectivity index (χ3n) is 4.47. The number of halogens is 1. The van der Waals surface area contributed by atoms with Gasteiger partial charge in [-0.25, -0.2) is 0 Å². The molecule has 0 radical (unpaired) electrons. The standard InChI is InChI=1S/C16H22BrN3/c1-11-4-5-13-14(16(17)20(3)15(13)8-11)9-12-10-18-6-7-19(12)2/h4-5,8,12,18H,6-7,9-10H2,1-3H3. The van der Waals surface area contributed by atoms with Crippen molar-refractivity contribution in [3.8, 4) is 0 Å². The molecule has 2 heterocycles. The molecule has 1 aliphatic heterocycles. The summed E-state index contributed by atoms with van der Waals surface area (Å²) >= 11 is 3.79. The largest absolute Gasteiger partial charge is 0.338 e. The Morgan fingerprint density at radius 2 is 2.15 bits per heavy atom. The molecule has 1 N–H and O–H groups in total. The van der Waals surface area contributed by atoms with E-state index in [0.29, 0.717) is 6.04 Å². The van der Waals surface area contributed by atoms with E-state index in [1.54, 1.807) is 0 Å². The molecule has 0 amide bonds. The molecule has 0 bridgehead atoms. The van der Waals surface area contributed by atoms with Gasteiger partial charge < -0.3 is 14.8 Å². The second-order valence-corrected chi connectivity index (χ2v) is 6.64. The lowest BCUT2D eigenvalue weighted by Crippen LogP contribution is -2.50. The molecule has 1 saturated heterocycles. The fraction of sp³-hybridized carbons (Fsp3) is 0.500. The lowest BCUT2D eigenvalue weighted by atomic mass is 10.0. The van der Waals surface area contributed by atoms with Crippen LogP contribution < -0.4 is 5.32 Å². The first-order chi connectivity index (χ1) is 9.58. The highest BCUT2D eigenvalue weighted by molar-refractivity contribution is 9.10. The van der Waals surface area contributed by atoms with Crippen molar-refractivity contribution in [1.29, 1.82) is 0 Å². The van der Waals surface area contributed by atoms with E-state index in [1.165, 1.54) is 26.6 Å². The Balaban J connectivity index is 2.00. The van der Waals surface area contributed by atoms with Crippen LogP contribution in [0, 0.1) is 6.92 Å². The minimum absolute atomic E-state index is 0.576. The SMILES string of the molecule is Cc1ccc2c(CC3CNCCN3C)c(Br)n(C)c2c1. The molecular weight excluding hydrogens is 314 g/mol. The number of hydrogen-bond donors (Lipinski definition) is 1. The van der Waals surface area contributed by atoms with Gasteiger partial charge in [-0.3, -0.25) is 0 Å². The highest BCUT2D eigenvalue weighted by Gasteiger charge is 2.22. The van der Waals surface area contributed by atoms with Crippen molar-refractivity contribution >= 4 is 26.8 Å². The van der Waals surface area contributed by atoms with E-state index in [9.17, 15) is 0 Å². The van der Waals surface area contributed by atoms with Crippen molar-refractivity contribution < 1.29 is 0 Å². The first-order valence-corrected chi connectivity index (χ1v) is 8.01. The van der Waals surface area contributed by atoms with Gasteiger partial charge in [-0.05, 0) is 53.5 Å². The topological polar surface area (TPSA) is 20.2 Å². The average molecular weight is 336 g/mol. The van der Waals surface area contributed by atoms with Crippen LogP contribution in [0.1, 0.15) is 11.1 Å². The molecule has 1 unspecified atom stereocenters. The molecule has 0 saturated carbocycles. The number of nitrogens with one attached hydrogen (secondary N) is 1. The van der Waals surface area contributed by atoms with E-state index in [4.69, 9.17) is 0 Å². The van der Waals surface area contributed by atoms with E-state index < -0.39 is 0 Å². The molecule has 1 aliphatic rings. The average Bonchev–Trinajstić information content (AvgIpc) is 2.66. The summed E-state index contributed by atoms with van der Waals surface area (Å²) in [5.41, 5.74) is 4.06. The number of hydrogen-bond acceptors (Lipinski definition) is 2. The van der Waals surface area contributed by atoms with Crippen LogP contribution in [0.3, 0.4) is 0 Å². The Kier molecular flexibility index (Phi) is 3.89. The molecule has 1 aromatic heterocycles. The molecule has 1 aromatic carbocycles. The summed E-state index contributed by atoms with van der Waals surface area (Å²) in [6, 6.07) is 7.32. The maximum Gasteiger partial charge on any atom is 0.0887 e. The summed E-state index contributed by atoms with van der Waals surface area (Å²) in [5.74, 6) is 0. The van der Waals surface area contributed by atoms with Crippen LogP contribution in [0.5, 0.6) is 0 Å². The van der Waals surface area contributed by atoms with Crippen LogP contribution in [0.15, 0.2) is 22.8 Å². The van der Waals surface area contributed by atoms with Crippen LogP contribution >= 0.6 is 15.9 Å². The van der Waals surface area contributed by atoms with Crippen molar-refractivity contribution in [2.45, 2.75) is 19.4 Å². The number of rotatable bonds is 2. The van der Waals surface area contributed by atoms with Gasteiger partial charge in [0.05, 0.1) is 4.60 Å². The minimum atomic E-state index is 0.576. The molecule has 0 aliphatic carbocycles. The third-order valence-corrected chi connectivity index (χ3v) is 5.48. The van der Waals surface area contributed by atoms with Gasteiger partial charge in [0.15, 0.2) is 0 Å². The Labute approximate surface area is 129 Å². The van der Waals surface area contributed by atoms with Gasteiger partial charge in [0.2, 0.25) is 0 Å². The van der Waals surface area contributed by atoms with Crippen LogP contribution in [-0.4, -0.2) is 42.2 Å². The molecule has 4 heteroatoms. The Morgan fingerprint density at radius 1 is 1.35 bits per heavy atom.